The highest BCUT2D eigenvalue weighted by Gasteiger charge is 2.33. The molecule has 0 fully saturated rings. The number of nitrogens with one attached hydrogen (secondary N) is 1. The molecule has 1 aromatic heterocycles. The highest BCUT2D eigenvalue weighted by atomic mass is 35.5. The largest absolute Gasteiger partial charge is 0.348 e. The summed E-state index contributed by atoms with van der Waals surface area (Å²) in [6.07, 6.45) is 6.45. The molecule has 28 heavy (non-hydrogen) atoms. The van der Waals surface area contributed by atoms with Gasteiger partial charge in [0, 0.05) is 29.0 Å². The lowest BCUT2D eigenvalue weighted by molar-refractivity contribution is 0.0949. The van der Waals surface area contributed by atoms with E-state index in [0.29, 0.717) is 23.5 Å². The molecule has 1 amide bonds. The number of carbonyl (C=O) groups excluding carboxylic acids is 1. The number of hydrogen-bond acceptors (Lipinski definition) is 1. The van der Waals surface area contributed by atoms with Gasteiger partial charge in [0.15, 0.2) is 0 Å². The number of carbonyl (C=O) groups is 1. The van der Waals surface area contributed by atoms with Gasteiger partial charge in [-0.25, -0.2) is 0 Å². The number of fused-ring (bicyclic) bond motifs is 1. The molecule has 1 N–H and O–H groups in total. The first-order valence-corrected chi connectivity index (χ1v) is 11.1. The Kier molecular flexibility index (Phi) is 6.87. The summed E-state index contributed by atoms with van der Waals surface area (Å²) in [7, 11) is 0. The molecule has 0 spiro atoms. The van der Waals surface area contributed by atoms with Gasteiger partial charge < -0.3 is 9.88 Å². The van der Waals surface area contributed by atoms with Gasteiger partial charge in [0.05, 0.1) is 5.56 Å². The molecule has 0 aliphatic heterocycles. The smallest absolute Gasteiger partial charge is 0.253 e. The van der Waals surface area contributed by atoms with Crippen molar-refractivity contribution >= 4 is 17.5 Å². The number of halogens is 1. The summed E-state index contributed by atoms with van der Waals surface area (Å²) in [4.78, 5) is 13.3. The lowest BCUT2D eigenvalue weighted by atomic mass is 10.0. The van der Waals surface area contributed by atoms with Crippen molar-refractivity contribution in [2.24, 2.45) is 5.92 Å². The first-order chi connectivity index (χ1) is 13.5. The summed E-state index contributed by atoms with van der Waals surface area (Å²) in [6, 6.07) is 8.17. The van der Waals surface area contributed by atoms with Crippen molar-refractivity contribution in [3.05, 3.63) is 57.4 Å². The van der Waals surface area contributed by atoms with Gasteiger partial charge >= 0.3 is 0 Å². The molecule has 1 aliphatic carbocycles. The van der Waals surface area contributed by atoms with E-state index in [1.54, 1.807) is 0 Å². The summed E-state index contributed by atoms with van der Waals surface area (Å²) >= 11 is 5.97. The molecule has 3 rings (SSSR count). The SMILES string of the molecule is CCCC(CC)n1c2c(c(C(=O)NCc3ccc(Cl)cc3)c1CC)CC(C)C2. The molecule has 0 saturated carbocycles. The molecule has 2 unspecified atom stereocenters. The summed E-state index contributed by atoms with van der Waals surface area (Å²) in [5.74, 6) is 0.686. The van der Waals surface area contributed by atoms with Crippen LogP contribution < -0.4 is 5.32 Å². The number of benzene rings is 1. The maximum absolute atomic E-state index is 13.3. The Balaban J connectivity index is 1.93. The van der Waals surface area contributed by atoms with Gasteiger partial charge in [-0.05, 0) is 61.3 Å². The molecule has 1 aromatic carbocycles. The highest BCUT2D eigenvalue weighted by Crippen LogP contribution is 2.38. The normalized spacial score (nSPS) is 16.8. The van der Waals surface area contributed by atoms with E-state index < -0.39 is 0 Å². The minimum Gasteiger partial charge on any atom is -0.348 e. The van der Waals surface area contributed by atoms with Crippen molar-refractivity contribution in [2.45, 2.75) is 78.8 Å². The molecule has 3 nitrogen and oxygen atoms in total. The van der Waals surface area contributed by atoms with E-state index >= 15 is 0 Å². The van der Waals surface area contributed by atoms with Crippen LogP contribution in [0.5, 0.6) is 0 Å². The van der Waals surface area contributed by atoms with Crippen LogP contribution in [-0.4, -0.2) is 10.5 Å². The van der Waals surface area contributed by atoms with Crippen molar-refractivity contribution in [1.29, 1.82) is 0 Å². The molecule has 2 atom stereocenters. The number of amides is 1. The van der Waals surface area contributed by atoms with Crippen molar-refractivity contribution in [3.8, 4) is 0 Å². The first-order valence-electron chi connectivity index (χ1n) is 10.8. The summed E-state index contributed by atoms with van der Waals surface area (Å²) < 4.78 is 2.54. The molecule has 0 radical (unpaired) electrons. The predicted octanol–water partition coefficient (Wildman–Crippen LogP) is 6.12. The predicted molar refractivity (Wildman–Crippen MR) is 117 cm³/mol. The second-order valence-electron chi connectivity index (χ2n) is 8.14. The van der Waals surface area contributed by atoms with Crippen molar-refractivity contribution in [3.63, 3.8) is 0 Å². The number of hydrogen-bond donors (Lipinski definition) is 1. The van der Waals surface area contributed by atoms with Crippen molar-refractivity contribution in [2.75, 3.05) is 0 Å². The van der Waals surface area contributed by atoms with Crippen LogP contribution >= 0.6 is 11.6 Å². The molecular formula is C24H33ClN2O. The third-order valence-corrected chi connectivity index (χ3v) is 6.25. The fraction of sp³-hybridized carbons (Fsp3) is 0.542. The molecule has 4 heteroatoms. The molecule has 1 aliphatic rings. The first kappa shape index (κ1) is 21.0. The van der Waals surface area contributed by atoms with Crippen molar-refractivity contribution < 1.29 is 4.79 Å². The number of aromatic nitrogens is 1. The molecule has 1 heterocycles. The maximum Gasteiger partial charge on any atom is 0.253 e. The number of rotatable bonds is 8. The van der Waals surface area contributed by atoms with Gasteiger partial charge in [0.25, 0.3) is 5.91 Å². The van der Waals surface area contributed by atoms with Gasteiger partial charge in [-0.1, -0.05) is 57.8 Å². The van der Waals surface area contributed by atoms with Gasteiger partial charge in [0.2, 0.25) is 0 Å². The van der Waals surface area contributed by atoms with E-state index in [1.807, 2.05) is 24.3 Å². The lowest BCUT2D eigenvalue weighted by Crippen LogP contribution is -2.25. The molecule has 0 saturated heterocycles. The molecule has 0 bridgehead atoms. The van der Waals surface area contributed by atoms with Gasteiger partial charge in [-0.2, -0.15) is 0 Å². The Labute approximate surface area is 174 Å². The Morgan fingerprint density at radius 1 is 1.21 bits per heavy atom. The van der Waals surface area contributed by atoms with Crippen LogP contribution in [0.2, 0.25) is 5.02 Å². The zero-order valence-corrected chi connectivity index (χ0v) is 18.4. The van der Waals surface area contributed by atoms with E-state index in [-0.39, 0.29) is 5.91 Å². The average molecular weight is 401 g/mol. The van der Waals surface area contributed by atoms with Crippen LogP contribution in [0, 0.1) is 5.92 Å². The van der Waals surface area contributed by atoms with Crippen LogP contribution in [0.15, 0.2) is 24.3 Å². The lowest BCUT2D eigenvalue weighted by Gasteiger charge is -2.23. The molecular weight excluding hydrogens is 368 g/mol. The summed E-state index contributed by atoms with van der Waals surface area (Å²) in [5, 5.41) is 3.88. The van der Waals surface area contributed by atoms with Crippen LogP contribution in [0.4, 0.5) is 0 Å². The zero-order chi connectivity index (χ0) is 20.3. The Morgan fingerprint density at radius 3 is 2.54 bits per heavy atom. The van der Waals surface area contributed by atoms with Gasteiger partial charge in [-0.15, -0.1) is 0 Å². The van der Waals surface area contributed by atoms with E-state index in [1.165, 1.54) is 29.8 Å². The fourth-order valence-corrected chi connectivity index (χ4v) is 4.84. The van der Waals surface area contributed by atoms with Crippen LogP contribution in [0.3, 0.4) is 0 Å². The second kappa shape index (κ2) is 9.17. The van der Waals surface area contributed by atoms with E-state index in [9.17, 15) is 4.79 Å². The third kappa shape index (κ3) is 4.15. The van der Waals surface area contributed by atoms with E-state index in [2.05, 4.69) is 37.6 Å². The minimum absolute atomic E-state index is 0.0715. The van der Waals surface area contributed by atoms with E-state index in [0.717, 1.165) is 36.8 Å². The van der Waals surface area contributed by atoms with Crippen molar-refractivity contribution in [1.82, 2.24) is 9.88 Å². The third-order valence-electron chi connectivity index (χ3n) is 6.00. The van der Waals surface area contributed by atoms with Crippen LogP contribution in [0.1, 0.15) is 85.9 Å². The maximum atomic E-state index is 13.3. The summed E-state index contributed by atoms with van der Waals surface area (Å²) in [5.41, 5.74) is 5.96. The quantitative estimate of drug-likeness (QED) is 0.569. The fourth-order valence-electron chi connectivity index (χ4n) is 4.72. The van der Waals surface area contributed by atoms with Crippen LogP contribution in [0.25, 0.3) is 0 Å². The number of nitrogens with zero attached hydrogens (tertiary/aromatic N) is 1. The van der Waals surface area contributed by atoms with Gasteiger partial charge in [-0.3, -0.25) is 4.79 Å². The standard InChI is InChI=1S/C24H33ClN2O/c1-5-8-19(6-2)27-21(7-3)23(20-13-16(4)14-22(20)27)24(28)26-15-17-9-11-18(25)12-10-17/h9-12,16,19H,5-8,13-15H2,1-4H3,(H,26,28). The monoisotopic (exact) mass is 400 g/mol. The molecule has 2 aromatic rings. The summed E-state index contributed by atoms with van der Waals surface area (Å²) in [6.45, 7) is 9.53. The Bertz CT molecular complexity index is 822. The molecule has 152 valence electrons. The second-order valence-corrected chi connectivity index (χ2v) is 8.58. The Morgan fingerprint density at radius 2 is 1.93 bits per heavy atom. The van der Waals surface area contributed by atoms with Crippen LogP contribution in [-0.2, 0) is 25.8 Å². The topological polar surface area (TPSA) is 34.0 Å². The minimum atomic E-state index is 0.0715. The van der Waals surface area contributed by atoms with E-state index in [4.69, 9.17) is 11.6 Å². The van der Waals surface area contributed by atoms with Gasteiger partial charge in [0.1, 0.15) is 0 Å². The zero-order valence-electron chi connectivity index (χ0n) is 17.6. The average Bonchev–Trinajstić information content (AvgIpc) is 3.19. The Hall–Kier alpha value is -1.74. The highest BCUT2D eigenvalue weighted by molar-refractivity contribution is 6.30.